The largest absolute Gasteiger partial charge is 0.492 e. The van der Waals surface area contributed by atoms with Crippen molar-refractivity contribution in [2.45, 2.75) is 5.51 Å². The molecule has 2 aromatic rings. The molecule has 0 aliphatic carbocycles. The molecule has 0 fully saturated rings. The number of rotatable bonds is 4. The van der Waals surface area contributed by atoms with Gasteiger partial charge in [0, 0.05) is 28.6 Å². The maximum Gasteiger partial charge on any atom is 0.492 e. The Kier molecular flexibility index (Phi) is 6.26. The molecule has 1 atom stereocenters. The van der Waals surface area contributed by atoms with E-state index < -0.39 is 16.5 Å². The third-order valence-corrected chi connectivity index (χ3v) is 4.28. The van der Waals surface area contributed by atoms with Crippen molar-refractivity contribution in [1.29, 1.82) is 0 Å². The van der Waals surface area contributed by atoms with E-state index in [1.54, 1.807) is 24.3 Å². The van der Waals surface area contributed by atoms with Gasteiger partial charge in [0.15, 0.2) is 5.05 Å². The van der Waals surface area contributed by atoms with Crippen LogP contribution in [0.25, 0.3) is 11.3 Å². The maximum atomic E-state index is 12.4. The van der Waals surface area contributed by atoms with Gasteiger partial charge in [0.1, 0.15) is 0 Å². The summed E-state index contributed by atoms with van der Waals surface area (Å²) in [6.07, 6.45) is 2.35. The van der Waals surface area contributed by atoms with Gasteiger partial charge in [0.05, 0.1) is 18.4 Å². The monoisotopic (exact) mass is 406 g/mol. The Morgan fingerprint density at radius 3 is 2.76 bits per heavy atom. The number of nitrogens with zero attached hydrogens (tertiary/aromatic N) is 2. The summed E-state index contributed by atoms with van der Waals surface area (Å²) < 4.78 is 56.3. The smallest absolute Gasteiger partial charge is 0.486 e. The minimum Gasteiger partial charge on any atom is -0.486 e. The number of thiocarbonyl (C=S) groups is 1. The SMILES string of the molecule is COC(=S)c1cccnc1-c1ccc(Cl)cc1/C=N\S(=O)C(F)(F)F. The van der Waals surface area contributed by atoms with Gasteiger partial charge in [0.25, 0.3) is 0 Å². The molecule has 1 unspecified atom stereocenters. The molecule has 0 spiro atoms. The highest BCUT2D eigenvalue weighted by Gasteiger charge is 2.37. The second-order valence-electron chi connectivity index (χ2n) is 4.55. The number of hydrogen-bond acceptors (Lipinski definition) is 4. The van der Waals surface area contributed by atoms with Crippen LogP contribution in [0.4, 0.5) is 13.2 Å². The van der Waals surface area contributed by atoms with E-state index in [0.29, 0.717) is 16.8 Å². The summed E-state index contributed by atoms with van der Waals surface area (Å²) in [5.41, 5.74) is -3.45. The van der Waals surface area contributed by atoms with Crippen molar-refractivity contribution in [2.75, 3.05) is 7.11 Å². The van der Waals surface area contributed by atoms with Crippen molar-refractivity contribution in [3.8, 4) is 11.3 Å². The molecule has 0 aliphatic rings. The second kappa shape index (κ2) is 8.03. The van der Waals surface area contributed by atoms with E-state index in [1.165, 1.54) is 19.4 Å². The molecule has 25 heavy (non-hydrogen) atoms. The number of methoxy groups -OCH3 is 1. The van der Waals surface area contributed by atoms with Crippen molar-refractivity contribution in [3.63, 3.8) is 0 Å². The molecule has 0 bridgehead atoms. The Bertz CT molecular complexity index is 857. The molecule has 0 saturated heterocycles. The van der Waals surface area contributed by atoms with Crippen LogP contribution in [0, 0.1) is 0 Å². The number of halogens is 4. The van der Waals surface area contributed by atoms with Crippen molar-refractivity contribution in [1.82, 2.24) is 4.98 Å². The quantitative estimate of drug-likeness (QED) is 0.560. The summed E-state index contributed by atoms with van der Waals surface area (Å²) in [6.45, 7) is 0. The number of aromatic nitrogens is 1. The standard InChI is InChI=1S/C15H10ClF3N2O2S2/c1-23-14(24)12-3-2-6-20-13(12)11-5-4-10(16)7-9(11)8-21-25(22)15(17,18)19/h2-8H,1H3/b21-8-. The first-order chi connectivity index (χ1) is 11.7. The van der Waals surface area contributed by atoms with Crippen LogP contribution in [0.5, 0.6) is 0 Å². The lowest BCUT2D eigenvalue weighted by Crippen LogP contribution is -2.13. The molecule has 0 aliphatic heterocycles. The lowest BCUT2D eigenvalue weighted by Gasteiger charge is -2.11. The highest BCUT2D eigenvalue weighted by molar-refractivity contribution is 7.84. The second-order valence-corrected chi connectivity index (χ2v) is 6.53. The summed E-state index contributed by atoms with van der Waals surface area (Å²) in [4.78, 5) is 4.21. The molecular weight excluding hydrogens is 397 g/mol. The number of ether oxygens (including phenoxy) is 1. The predicted molar refractivity (Wildman–Crippen MR) is 95.2 cm³/mol. The van der Waals surface area contributed by atoms with Gasteiger partial charge in [0.2, 0.25) is 11.0 Å². The summed E-state index contributed by atoms with van der Waals surface area (Å²) in [7, 11) is -1.97. The molecule has 0 radical (unpaired) electrons. The van der Waals surface area contributed by atoms with E-state index in [0.717, 1.165) is 6.21 Å². The van der Waals surface area contributed by atoms with Crippen LogP contribution in [0.15, 0.2) is 40.9 Å². The van der Waals surface area contributed by atoms with Gasteiger partial charge in [-0.05, 0) is 36.5 Å². The van der Waals surface area contributed by atoms with E-state index in [4.69, 9.17) is 28.6 Å². The Hall–Kier alpha value is -1.84. The van der Waals surface area contributed by atoms with Gasteiger partial charge in [-0.15, -0.1) is 0 Å². The lowest BCUT2D eigenvalue weighted by molar-refractivity contribution is -0.0383. The topological polar surface area (TPSA) is 51.6 Å². The third kappa shape index (κ3) is 4.83. The van der Waals surface area contributed by atoms with Gasteiger partial charge in [-0.1, -0.05) is 17.7 Å². The van der Waals surface area contributed by atoms with Crippen LogP contribution in [0.3, 0.4) is 0 Å². The fraction of sp³-hybridized carbons (Fsp3) is 0.133. The maximum absolute atomic E-state index is 12.4. The highest BCUT2D eigenvalue weighted by atomic mass is 35.5. The first kappa shape index (κ1) is 19.5. The predicted octanol–water partition coefficient (Wildman–Crippen LogP) is 4.33. The number of benzene rings is 1. The summed E-state index contributed by atoms with van der Waals surface area (Å²) in [6, 6.07) is 7.81. The van der Waals surface area contributed by atoms with Gasteiger partial charge in [-0.2, -0.15) is 17.6 Å². The van der Waals surface area contributed by atoms with E-state index >= 15 is 0 Å². The van der Waals surface area contributed by atoms with Crippen LogP contribution < -0.4 is 0 Å². The van der Waals surface area contributed by atoms with Crippen molar-refractivity contribution < 1.29 is 22.1 Å². The molecule has 1 aromatic heterocycles. The Balaban J connectivity index is 2.56. The molecule has 0 saturated carbocycles. The van der Waals surface area contributed by atoms with Crippen LogP contribution in [-0.4, -0.2) is 33.1 Å². The molecular formula is C15H10ClF3N2O2S2. The van der Waals surface area contributed by atoms with E-state index in [2.05, 4.69) is 9.38 Å². The summed E-state index contributed by atoms with van der Waals surface area (Å²) in [5, 5.41) is 0.439. The normalized spacial score (nSPS) is 13.0. The fourth-order valence-corrected chi connectivity index (χ4v) is 2.59. The first-order valence-electron chi connectivity index (χ1n) is 6.60. The molecule has 132 valence electrons. The molecule has 2 rings (SSSR count). The minimum atomic E-state index is -4.94. The Labute approximate surface area is 154 Å². The van der Waals surface area contributed by atoms with E-state index in [1.807, 2.05) is 0 Å². The van der Waals surface area contributed by atoms with Gasteiger partial charge < -0.3 is 4.74 Å². The van der Waals surface area contributed by atoms with Crippen LogP contribution in [0.1, 0.15) is 11.1 Å². The zero-order chi connectivity index (χ0) is 18.6. The molecule has 4 nitrogen and oxygen atoms in total. The van der Waals surface area contributed by atoms with Crippen molar-refractivity contribution >= 4 is 46.1 Å². The first-order valence-corrected chi connectivity index (χ1v) is 8.49. The average Bonchev–Trinajstić information content (AvgIpc) is 2.58. The lowest BCUT2D eigenvalue weighted by atomic mass is 10.0. The van der Waals surface area contributed by atoms with Crippen LogP contribution in [-0.2, 0) is 15.7 Å². The van der Waals surface area contributed by atoms with Crippen molar-refractivity contribution in [3.05, 3.63) is 52.7 Å². The van der Waals surface area contributed by atoms with E-state index in [-0.39, 0.29) is 15.6 Å². The molecule has 1 heterocycles. The highest BCUT2D eigenvalue weighted by Crippen LogP contribution is 2.28. The molecule has 1 aromatic carbocycles. The van der Waals surface area contributed by atoms with Crippen molar-refractivity contribution in [2.24, 2.45) is 4.40 Å². The average molecular weight is 407 g/mol. The zero-order valence-electron chi connectivity index (χ0n) is 12.6. The fourth-order valence-electron chi connectivity index (χ4n) is 1.92. The van der Waals surface area contributed by atoms with Gasteiger partial charge in [-0.3, -0.25) is 4.98 Å². The number of pyridine rings is 1. The van der Waals surface area contributed by atoms with Crippen LogP contribution >= 0.6 is 23.8 Å². The summed E-state index contributed by atoms with van der Waals surface area (Å²) >= 11 is 11.0. The molecule has 10 heteroatoms. The van der Waals surface area contributed by atoms with E-state index in [9.17, 15) is 17.4 Å². The third-order valence-electron chi connectivity index (χ3n) is 2.97. The van der Waals surface area contributed by atoms with Gasteiger partial charge >= 0.3 is 5.51 Å². The summed E-state index contributed by atoms with van der Waals surface area (Å²) in [5.74, 6) is 0. The number of hydrogen-bond donors (Lipinski definition) is 0. The number of alkyl halides is 3. The molecule has 0 amide bonds. The zero-order valence-corrected chi connectivity index (χ0v) is 15.0. The molecule has 0 N–H and O–H groups in total. The van der Waals surface area contributed by atoms with Gasteiger partial charge in [-0.25, -0.2) is 4.21 Å². The van der Waals surface area contributed by atoms with Crippen LogP contribution in [0.2, 0.25) is 5.02 Å². The Morgan fingerprint density at radius 1 is 1.40 bits per heavy atom. The Morgan fingerprint density at radius 2 is 2.12 bits per heavy atom. The minimum absolute atomic E-state index is 0.166.